The van der Waals surface area contributed by atoms with Gasteiger partial charge in [-0.05, 0) is 50.9 Å². The topological polar surface area (TPSA) is 59.1 Å². The van der Waals surface area contributed by atoms with Gasteiger partial charge in [0.1, 0.15) is 0 Å². The van der Waals surface area contributed by atoms with Gasteiger partial charge in [0.05, 0.1) is 17.1 Å². The second kappa shape index (κ2) is 9.47. The van der Waals surface area contributed by atoms with Crippen molar-refractivity contribution in [2.75, 3.05) is 33.2 Å². The minimum atomic E-state index is -3.56. The second-order valence-corrected chi connectivity index (χ2v) is 12.1. The van der Waals surface area contributed by atoms with Crippen molar-refractivity contribution in [2.45, 2.75) is 61.9 Å². The third-order valence-electron chi connectivity index (χ3n) is 6.93. The smallest absolute Gasteiger partial charge is 0.242 e. The zero-order chi connectivity index (χ0) is 23.7. The Kier molecular flexibility index (Phi) is 6.99. The SMILES string of the molecule is CN(C[C@@](C)(CCN1CC[C@H]2OC(C)(C)OC2C1)c1ccccc1)S(=O)(=O)c1ccccc1. The fraction of sp³-hybridized carbons (Fsp3) is 0.538. The minimum Gasteiger partial charge on any atom is -0.344 e. The predicted octanol–water partition coefficient (Wildman–Crippen LogP) is 3.88. The van der Waals surface area contributed by atoms with E-state index in [0.717, 1.165) is 38.0 Å². The molecule has 180 valence electrons. The lowest BCUT2D eigenvalue weighted by atomic mass is 9.79. The summed E-state index contributed by atoms with van der Waals surface area (Å²) in [5.74, 6) is -0.515. The summed E-state index contributed by atoms with van der Waals surface area (Å²) in [6.07, 6.45) is 2.06. The Bertz CT molecular complexity index is 1030. The summed E-state index contributed by atoms with van der Waals surface area (Å²) in [7, 11) is -1.88. The number of sulfonamides is 1. The molecule has 2 aliphatic heterocycles. The maximum Gasteiger partial charge on any atom is 0.242 e. The van der Waals surface area contributed by atoms with Crippen molar-refractivity contribution >= 4 is 10.0 Å². The summed E-state index contributed by atoms with van der Waals surface area (Å²) in [6, 6.07) is 18.9. The van der Waals surface area contributed by atoms with E-state index in [9.17, 15) is 8.42 Å². The molecule has 0 bridgehead atoms. The Balaban J connectivity index is 1.48. The zero-order valence-electron chi connectivity index (χ0n) is 20.1. The Hall–Kier alpha value is -1.77. The number of ether oxygens (including phenoxy) is 2. The van der Waals surface area contributed by atoms with Crippen LogP contribution in [0.4, 0.5) is 0 Å². The summed E-state index contributed by atoms with van der Waals surface area (Å²) >= 11 is 0. The largest absolute Gasteiger partial charge is 0.344 e. The average molecular weight is 473 g/mol. The highest BCUT2D eigenvalue weighted by Crippen LogP contribution is 2.35. The lowest BCUT2D eigenvalue weighted by Gasteiger charge is -2.38. The number of benzene rings is 2. The van der Waals surface area contributed by atoms with Crippen molar-refractivity contribution in [3.05, 3.63) is 66.2 Å². The number of rotatable bonds is 8. The maximum atomic E-state index is 13.2. The molecule has 7 heteroatoms. The van der Waals surface area contributed by atoms with E-state index < -0.39 is 15.8 Å². The third-order valence-corrected chi connectivity index (χ3v) is 8.74. The lowest BCUT2D eigenvalue weighted by Crippen LogP contribution is -2.47. The zero-order valence-corrected chi connectivity index (χ0v) is 20.9. The number of nitrogens with zero attached hydrogens (tertiary/aromatic N) is 2. The molecule has 2 aromatic rings. The molecule has 1 unspecified atom stereocenters. The first kappa shape index (κ1) is 24.4. The van der Waals surface area contributed by atoms with Gasteiger partial charge in [-0.3, -0.25) is 0 Å². The molecule has 0 saturated carbocycles. The highest BCUT2D eigenvalue weighted by molar-refractivity contribution is 7.89. The highest BCUT2D eigenvalue weighted by atomic mass is 32.2. The van der Waals surface area contributed by atoms with E-state index in [-0.39, 0.29) is 17.6 Å². The number of hydrogen-bond acceptors (Lipinski definition) is 5. The van der Waals surface area contributed by atoms with Gasteiger partial charge < -0.3 is 14.4 Å². The summed E-state index contributed by atoms with van der Waals surface area (Å²) < 4.78 is 40.1. The van der Waals surface area contributed by atoms with Crippen molar-refractivity contribution in [1.29, 1.82) is 0 Å². The predicted molar refractivity (Wildman–Crippen MR) is 130 cm³/mol. The van der Waals surface area contributed by atoms with Crippen LogP contribution in [0.15, 0.2) is 65.6 Å². The van der Waals surface area contributed by atoms with E-state index in [1.54, 1.807) is 31.3 Å². The summed E-state index contributed by atoms with van der Waals surface area (Å²) in [6.45, 7) is 9.21. The number of hydrogen-bond donors (Lipinski definition) is 0. The monoisotopic (exact) mass is 472 g/mol. The normalized spacial score (nSPS) is 25.0. The van der Waals surface area contributed by atoms with Crippen LogP contribution < -0.4 is 0 Å². The van der Waals surface area contributed by atoms with Gasteiger partial charge in [-0.15, -0.1) is 0 Å². The van der Waals surface area contributed by atoms with Crippen LogP contribution in [-0.2, 0) is 24.9 Å². The molecule has 2 aromatic carbocycles. The molecule has 2 heterocycles. The van der Waals surface area contributed by atoms with Gasteiger partial charge in [-0.1, -0.05) is 55.5 Å². The molecule has 3 atom stereocenters. The summed E-state index contributed by atoms with van der Waals surface area (Å²) in [4.78, 5) is 2.75. The van der Waals surface area contributed by atoms with Crippen molar-refractivity contribution in [2.24, 2.45) is 0 Å². The third kappa shape index (κ3) is 5.49. The van der Waals surface area contributed by atoms with E-state index >= 15 is 0 Å². The summed E-state index contributed by atoms with van der Waals surface area (Å²) in [5, 5.41) is 0. The molecule has 2 aliphatic rings. The van der Waals surface area contributed by atoms with Crippen molar-refractivity contribution < 1.29 is 17.9 Å². The van der Waals surface area contributed by atoms with Gasteiger partial charge in [-0.2, -0.15) is 0 Å². The van der Waals surface area contributed by atoms with Crippen LogP contribution in [0.5, 0.6) is 0 Å². The first-order chi connectivity index (χ1) is 15.6. The molecule has 0 amide bonds. The van der Waals surface area contributed by atoms with Gasteiger partial charge in [0, 0.05) is 32.1 Å². The first-order valence-electron chi connectivity index (χ1n) is 11.7. The Morgan fingerprint density at radius 1 is 1.03 bits per heavy atom. The van der Waals surface area contributed by atoms with Crippen molar-refractivity contribution in [1.82, 2.24) is 9.21 Å². The Morgan fingerprint density at radius 2 is 1.64 bits per heavy atom. The first-order valence-corrected chi connectivity index (χ1v) is 13.2. The number of likely N-dealkylation sites (tertiary alicyclic amines) is 1. The summed E-state index contributed by atoms with van der Waals surface area (Å²) in [5.41, 5.74) is 0.817. The standard InChI is InChI=1S/C26H36N2O4S/c1-25(2)31-23-15-17-28(19-24(23)32-25)18-16-26(3,21-11-7-5-8-12-21)20-27(4)33(29,30)22-13-9-6-10-14-22/h5-14,23-24H,15-20H2,1-4H3/t23-,24?,26-/m1/s1. The fourth-order valence-corrected chi connectivity index (χ4v) is 6.39. The number of likely N-dealkylation sites (N-methyl/N-ethyl adjacent to an activating group) is 1. The molecule has 6 nitrogen and oxygen atoms in total. The van der Waals surface area contributed by atoms with Gasteiger partial charge >= 0.3 is 0 Å². The molecule has 2 fully saturated rings. The molecule has 0 aromatic heterocycles. The molecular weight excluding hydrogens is 436 g/mol. The van der Waals surface area contributed by atoms with Crippen LogP contribution in [0.1, 0.15) is 39.2 Å². The number of fused-ring (bicyclic) bond motifs is 1. The molecule has 4 rings (SSSR count). The lowest BCUT2D eigenvalue weighted by molar-refractivity contribution is -0.145. The molecule has 2 saturated heterocycles. The maximum absolute atomic E-state index is 13.2. The van der Waals surface area contributed by atoms with E-state index in [2.05, 4.69) is 24.0 Å². The van der Waals surface area contributed by atoms with E-state index in [4.69, 9.17) is 9.47 Å². The van der Waals surface area contributed by atoms with Crippen molar-refractivity contribution in [3.8, 4) is 0 Å². The van der Waals surface area contributed by atoms with Crippen LogP contribution in [-0.4, -0.2) is 68.8 Å². The van der Waals surface area contributed by atoms with Gasteiger partial charge in [0.2, 0.25) is 10.0 Å². The van der Waals surface area contributed by atoms with Gasteiger partial charge in [0.25, 0.3) is 0 Å². The fourth-order valence-electron chi connectivity index (χ4n) is 5.08. The molecule has 0 radical (unpaired) electrons. The van der Waals surface area contributed by atoms with Gasteiger partial charge in [-0.25, -0.2) is 12.7 Å². The van der Waals surface area contributed by atoms with Crippen LogP contribution in [0.25, 0.3) is 0 Å². The van der Waals surface area contributed by atoms with E-state index in [1.807, 2.05) is 38.1 Å². The Labute approximate surface area is 198 Å². The quantitative estimate of drug-likeness (QED) is 0.584. The average Bonchev–Trinajstić information content (AvgIpc) is 3.12. The van der Waals surface area contributed by atoms with Crippen LogP contribution in [0.3, 0.4) is 0 Å². The van der Waals surface area contributed by atoms with E-state index in [1.165, 1.54) is 4.31 Å². The second-order valence-electron chi connectivity index (χ2n) is 10.1. The molecule has 0 spiro atoms. The molecular formula is C26H36N2O4S. The van der Waals surface area contributed by atoms with Crippen LogP contribution in [0, 0.1) is 0 Å². The highest BCUT2D eigenvalue weighted by Gasteiger charge is 2.44. The van der Waals surface area contributed by atoms with Gasteiger partial charge in [0.15, 0.2) is 5.79 Å². The van der Waals surface area contributed by atoms with Crippen LogP contribution in [0.2, 0.25) is 0 Å². The number of piperidine rings is 1. The molecule has 33 heavy (non-hydrogen) atoms. The van der Waals surface area contributed by atoms with E-state index in [0.29, 0.717) is 11.4 Å². The minimum absolute atomic E-state index is 0.0952. The Morgan fingerprint density at radius 3 is 2.30 bits per heavy atom. The van der Waals surface area contributed by atoms with Crippen LogP contribution >= 0.6 is 0 Å². The molecule has 0 aliphatic carbocycles. The molecule has 0 N–H and O–H groups in total. The van der Waals surface area contributed by atoms with Crippen molar-refractivity contribution in [3.63, 3.8) is 0 Å².